The lowest BCUT2D eigenvalue weighted by molar-refractivity contribution is -0.132. The van der Waals surface area contributed by atoms with Crippen LogP contribution in [0, 0.1) is 0 Å². The van der Waals surface area contributed by atoms with Gasteiger partial charge in [-0.05, 0) is 42.0 Å². The van der Waals surface area contributed by atoms with Crippen molar-refractivity contribution in [3.8, 4) is 5.75 Å². The van der Waals surface area contributed by atoms with E-state index in [1.54, 1.807) is 79.9 Å². The molecular formula is C24H18BrNO4. The van der Waals surface area contributed by atoms with Crippen LogP contribution in [0.15, 0.2) is 88.9 Å². The summed E-state index contributed by atoms with van der Waals surface area (Å²) < 4.78 is 6.08. The number of rotatable bonds is 4. The Hall–Kier alpha value is -3.38. The number of aliphatic hydroxyl groups excluding tert-OH is 1. The molecule has 1 aliphatic heterocycles. The molecular weight excluding hydrogens is 446 g/mol. The summed E-state index contributed by atoms with van der Waals surface area (Å²) in [5, 5.41) is 11.0. The highest BCUT2D eigenvalue weighted by molar-refractivity contribution is 9.10. The number of aliphatic hydroxyl groups is 1. The van der Waals surface area contributed by atoms with Gasteiger partial charge in [-0.15, -0.1) is 0 Å². The van der Waals surface area contributed by atoms with Crippen molar-refractivity contribution >= 4 is 39.1 Å². The van der Waals surface area contributed by atoms with E-state index in [-0.39, 0.29) is 11.3 Å². The number of benzene rings is 3. The average Bonchev–Trinajstić information content (AvgIpc) is 3.05. The van der Waals surface area contributed by atoms with Crippen molar-refractivity contribution in [2.24, 2.45) is 0 Å². The first-order chi connectivity index (χ1) is 14.5. The van der Waals surface area contributed by atoms with Crippen LogP contribution in [0.1, 0.15) is 17.2 Å². The molecule has 0 aliphatic carbocycles. The largest absolute Gasteiger partial charge is 0.507 e. The third-order valence-electron chi connectivity index (χ3n) is 5.03. The number of carbonyl (C=O) groups is 2. The summed E-state index contributed by atoms with van der Waals surface area (Å²) in [6, 6.07) is 22.2. The van der Waals surface area contributed by atoms with Gasteiger partial charge in [0.1, 0.15) is 11.5 Å². The smallest absolute Gasteiger partial charge is 0.300 e. The Morgan fingerprint density at radius 3 is 2.17 bits per heavy atom. The van der Waals surface area contributed by atoms with E-state index >= 15 is 0 Å². The first-order valence-corrected chi connectivity index (χ1v) is 10.1. The Bertz CT molecular complexity index is 1120. The molecule has 0 radical (unpaired) electrons. The van der Waals surface area contributed by atoms with E-state index in [9.17, 15) is 14.7 Å². The normalized spacial score (nSPS) is 17.9. The highest BCUT2D eigenvalue weighted by atomic mass is 79.9. The molecule has 1 amide bonds. The van der Waals surface area contributed by atoms with Gasteiger partial charge in [-0.3, -0.25) is 14.5 Å². The van der Waals surface area contributed by atoms with Gasteiger partial charge < -0.3 is 9.84 Å². The molecule has 1 aliphatic rings. The van der Waals surface area contributed by atoms with Crippen LogP contribution in [0.2, 0.25) is 0 Å². The zero-order valence-electron chi connectivity index (χ0n) is 16.1. The third-order valence-corrected chi connectivity index (χ3v) is 5.56. The average molecular weight is 464 g/mol. The van der Waals surface area contributed by atoms with Crippen molar-refractivity contribution < 1.29 is 19.4 Å². The number of hydrogen-bond donors (Lipinski definition) is 1. The first-order valence-electron chi connectivity index (χ1n) is 9.27. The quantitative estimate of drug-likeness (QED) is 0.332. The van der Waals surface area contributed by atoms with Crippen molar-refractivity contribution in [3.63, 3.8) is 0 Å². The van der Waals surface area contributed by atoms with Crippen LogP contribution >= 0.6 is 15.9 Å². The number of halogens is 1. The van der Waals surface area contributed by atoms with Gasteiger partial charge in [0, 0.05) is 15.7 Å². The molecule has 1 atom stereocenters. The third kappa shape index (κ3) is 3.50. The fourth-order valence-corrected chi connectivity index (χ4v) is 3.82. The standard InChI is InChI=1S/C24H18BrNO4/c1-30-19-13-7-15(8-14-19)21-20(22(27)16-5-3-2-4-6-16)23(28)24(29)26(21)18-11-9-17(25)10-12-18/h2-14,21,27H,1H3/b22-20+/t21-/m1/s1. The highest BCUT2D eigenvalue weighted by Crippen LogP contribution is 2.42. The lowest BCUT2D eigenvalue weighted by Crippen LogP contribution is -2.29. The molecule has 0 saturated carbocycles. The number of ether oxygens (including phenoxy) is 1. The summed E-state index contributed by atoms with van der Waals surface area (Å²) in [7, 11) is 1.57. The maximum Gasteiger partial charge on any atom is 0.300 e. The second-order valence-corrected chi connectivity index (χ2v) is 7.70. The Morgan fingerprint density at radius 2 is 1.57 bits per heavy atom. The van der Waals surface area contributed by atoms with Crippen LogP contribution in [0.5, 0.6) is 5.75 Å². The van der Waals surface area contributed by atoms with Crippen LogP contribution < -0.4 is 9.64 Å². The number of anilines is 1. The summed E-state index contributed by atoms with van der Waals surface area (Å²) in [6.07, 6.45) is 0. The van der Waals surface area contributed by atoms with Crippen LogP contribution in [0.4, 0.5) is 5.69 Å². The van der Waals surface area contributed by atoms with Crippen LogP contribution in [-0.2, 0) is 9.59 Å². The molecule has 3 aromatic carbocycles. The molecule has 3 aromatic rings. The minimum absolute atomic E-state index is 0.0549. The second kappa shape index (κ2) is 8.16. The van der Waals surface area contributed by atoms with E-state index in [2.05, 4.69) is 15.9 Å². The summed E-state index contributed by atoms with van der Waals surface area (Å²) in [4.78, 5) is 27.5. The van der Waals surface area contributed by atoms with Crippen LogP contribution in [0.3, 0.4) is 0 Å². The van der Waals surface area contributed by atoms with Gasteiger partial charge in [-0.1, -0.05) is 58.4 Å². The molecule has 1 N–H and O–H groups in total. The number of Topliss-reactive ketones (excluding diaryl/α,β-unsaturated/α-hetero) is 1. The van der Waals surface area contributed by atoms with Gasteiger partial charge in [-0.2, -0.15) is 0 Å². The van der Waals surface area contributed by atoms with E-state index in [4.69, 9.17) is 4.74 Å². The van der Waals surface area contributed by atoms with Crippen LogP contribution in [-0.4, -0.2) is 23.9 Å². The number of nitrogens with zero attached hydrogens (tertiary/aromatic N) is 1. The second-order valence-electron chi connectivity index (χ2n) is 6.78. The summed E-state index contributed by atoms with van der Waals surface area (Å²) in [6.45, 7) is 0. The molecule has 0 unspecified atom stereocenters. The van der Waals surface area contributed by atoms with E-state index in [1.807, 2.05) is 6.07 Å². The summed E-state index contributed by atoms with van der Waals surface area (Å²) in [5.74, 6) is -0.951. The predicted octanol–water partition coefficient (Wildman–Crippen LogP) is 5.08. The Morgan fingerprint density at radius 1 is 0.933 bits per heavy atom. The number of carbonyl (C=O) groups excluding carboxylic acids is 2. The van der Waals surface area contributed by atoms with Gasteiger partial charge in [0.2, 0.25) is 0 Å². The summed E-state index contributed by atoms with van der Waals surface area (Å²) in [5.41, 5.74) is 1.78. The fraction of sp³-hybridized carbons (Fsp3) is 0.0833. The van der Waals surface area contributed by atoms with E-state index in [1.165, 1.54) is 4.90 Å². The minimum Gasteiger partial charge on any atom is -0.507 e. The molecule has 5 nitrogen and oxygen atoms in total. The predicted molar refractivity (Wildman–Crippen MR) is 118 cm³/mol. The lowest BCUT2D eigenvalue weighted by atomic mass is 9.95. The summed E-state index contributed by atoms with van der Waals surface area (Å²) >= 11 is 3.39. The van der Waals surface area contributed by atoms with Crippen molar-refractivity contribution in [2.45, 2.75) is 6.04 Å². The van der Waals surface area contributed by atoms with Crippen molar-refractivity contribution in [1.29, 1.82) is 0 Å². The van der Waals surface area contributed by atoms with Crippen molar-refractivity contribution in [1.82, 2.24) is 0 Å². The number of hydrogen-bond acceptors (Lipinski definition) is 4. The van der Waals surface area contributed by atoms with Gasteiger partial charge >= 0.3 is 0 Å². The molecule has 6 heteroatoms. The fourth-order valence-electron chi connectivity index (χ4n) is 3.55. The Balaban J connectivity index is 1.92. The number of ketones is 1. The zero-order chi connectivity index (χ0) is 21.3. The molecule has 150 valence electrons. The Kier molecular flexibility index (Phi) is 5.42. The van der Waals surface area contributed by atoms with Gasteiger partial charge in [-0.25, -0.2) is 0 Å². The first kappa shape index (κ1) is 19.9. The minimum atomic E-state index is -0.766. The topological polar surface area (TPSA) is 66.8 Å². The van der Waals surface area contributed by atoms with Crippen molar-refractivity contribution in [2.75, 3.05) is 12.0 Å². The molecule has 4 rings (SSSR count). The molecule has 0 aromatic heterocycles. The Labute approximate surface area is 182 Å². The lowest BCUT2D eigenvalue weighted by Gasteiger charge is -2.25. The molecule has 1 saturated heterocycles. The van der Waals surface area contributed by atoms with Crippen molar-refractivity contribution in [3.05, 3.63) is 100 Å². The molecule has 0 spiro atoms. The monoisotopic (exact) mass is 463 g/mol. The maximum atomic E-state index is 13.0. The van der Waals surface area contributed by atoms with E-state index < -0.39 is 17.7 Å². The van der Waals surface area contributed by atoms with Gasteiger partial charge in [0.25, 0.3) is 11.7 Å². The molecule has 30 heavy (non-hydrogen) atoms. The molecule has 0 bridgehead atoms. The van der Waals surface area contributed by atoms with Crippen LogP contribution in [0.25, 0.3) is 5.76 Å². The molecule has 1 heterocycles. The molecule has 1 fully saturated rings. The SMILES string of the molecule is COc1ccc([C@@H]2/C(=C(\O)c3ccccc3)C(=O)C(=O)N2c2ccc(Br)cc2)cc1. The van der Waals surface area contributed by atoms with Gasteiger partial charge in [0.05, 0.1) is 18.7 Å². The number of methoxy groups -OCH3 is 1. The number of amides is 1. The van der Waals surface area contributed by atoms with E-state index in [0.29, 0.717) is 22.6 Å². The zero-order valence-corrected chi connectivity index (χ0v) is 17.7. The maximum absolute atomic E-state index is 13.0. The van der Waals surface area contributed by atoms with E-state index in [0.717, 1.165) is 4.47 Å². The highest BCUT2D eigenvalue weighted by Gasteiger charge is 2.46. The van der Waals surface area contributed by atoms with Gasteiger partial charge in [0.15, 0.2) is 0 Å².